The van der Waals surface area contributed by atoms with Gasteiger partial charge in [0.05, 0.1) is 6.16 Å². The van der Waals surface area contributed by atoms with Crippen LogP contribution in [0.15, 0.2) is 12.1 Å². The highest BCUT2D eigenvalue weighted by atomic mass is 31.2. The average Bonchev–Trinajstić information content (AvgIpc) is 2.47. The molecule has 17 heavy (non-hydrogen) atoms. The van der Waals surface area contributed by atoms with Crippen LogP contribution in [0.5, 0.6) is 11.8 Å². The van der Waals surface area contributed by atoms with E-state index in [0.717, 1.165) is 12.1 Å². The molecule has 4 N–H and O–H groups in total. The minimum atomic E-state index is -4.12. The molecule has 1 aromatic rings. The Morgan fingerprint density at radius 3 is 2.29 bits per heavy atom. The largest absolute Gasteiger partial charge is 0.492 e. The second-order valence-corrected chi connectivity index (χ2v) is 5.08. The van der Waals surface area contributed by atoms with Crippen molar-refractivity contribution in [3.05, 3.63) is 12.1 Å². The third kappa shape index (κ3) is 4.48. The van der Waals surface area contributed by atoms with Crippen molar-refractivity contribution in [1.29, 1.82) is 0 Å². The summed E-state index contributed by atoms with van der Waals surface area (Å²) in [7, 11) is -4.12. The normalized spacial score (nSPS) is 11.4. The smallest absolute Gasteiger partial charge is 0.333 e. The standard InChI is InChI=1S/C8H12NO7P/c10-6-3-4-7(11)9(6)16-8(12)2-1-5-17(13,14)15/h3-4,10-11H,1-2,5H2,(H2,13,14,15). The van der Waals surface area contributed by atoms with Crippen molar-refractivity contribution in [2.24, 2.45) is 0 Å². The fraction of sp³-hybridized carbons (Fsp3) is 0.375. The molecule has 96 valence electrons. The molecule has 0 atom stereocenters. The molecule has 0 unspecified atom stereocenters. The van der Waals surface area contributed by atoms with Crippen LogP contribution in [0, 0.1) is 0 Å². The SMILES string of the molecule is O=C(CCCP(=O)(O)O)On1c(O)ccc1O. The molecule has 1 aromatic heterocycles. The summed E-state index contributed by atoms with van der Waals surface area (Å²) in [6, 6.07) is 2.25. The molecule has 0 aliphatic carbocycles. The molecule has 0 fully saturated rings. The number of aromatic nitrogens is 1. The van der Waals surface area contributed by atoms with E-state index >= 15 is 0 Å². The third-order valence-electron chi connectivity index (χ3n) is 1.82. The number of carbonyl (C=O) groups is 1. The zero-order chi connectivity index (χ0) is 13.1. The van der Waals surface area contributed by atoms with Gasteiger partial charge in [-0.1, -0.05) is 0 Å². The van der Waals surface area contributed by atoms with Crippen molar-refractivity contribution in [2.45, 2.75) is 12.8 Å². The van der Waals surface area contributed by atoms with Crippen LogP contribution in [0.1, 0.15) is 12.8 Å². The minimum Gasteiger partial charge on any atom is -0.492 e. The van der Waals surface area contributed by atoms with Gasteiger partial charge in [-0.15, -0.1) is 4.73 Å². The summed E-state index contributed by atoms with van der Waals surface area (Å²) in [5.74, 6) is -1.73. The van der Waals surface area contributed by atoms with Crippen molar-refractivity contribution >= 4 is 13.6 Å². The highest BCUT2D eigenvalue weighted by Gasteiger charge is 2.16. The molecule has 0 aliphatic heterocycles. The summed E-state index contributed by atoms with van der Waals surface area (Å²) in [5.41, 5.74) is 0. The van der Waals surface area contributed by atoms with Gasteiger partial charge in [-0.05, 0) is 6.42 Å². The molecular weight excluding hydrogens is 253 g/mol. The Hall–Kier alpha value is -1.50. The van der Waals surface area contributed by atoms with Crippen LogP contribution in [0.25, 0.3) is 0 Å². The minimum absolute atomic E-state index is 0.0497. The molecule has 0 bridgehead atoms. The average molecular weight is 265 g/mol. The van der Waals surface area contributed by atoms with E-state index < -0.39 is 31.5 Å². The Kier molecular flexibility index (Phi) is 4.17. The predicted octanol–water partition coefficient (Wildman–Crippen LogP) is -0.188. The van der Waals surface area contributed by atoms with Gasteiger partial charge in [0.25, 0.3) is 0 Å². The van der Waals surface area contributed by atoms with Gasteiger partial charge in [-0.3, -0.25) is 4.57 Å². The van der Waals surface area contributed by atoms with Gasteiger partial charge in [-0.2, -0.15) is 0 Å². The highest BCUT2D eigenvalue weighted by molar-refractivity contribution is 7.51. The zero-order valence-corrected chi connectivity index (χ0v) is 9.58. The van der Waals surface area contributed by atoms with Gasteiger partial charge in [-0.25, -0.2) is 4.79 Å². The zero-order valence-electron chi connectivity index (χ0n) is 8.68. The molecule has 9 heteroatoms. The van der Waals surface area contributed by atoms with Crippen LogP contribution >= 0.6 is 7.60 Å². The van der Waals surface area contributed by atoms with Crippen molar-refractivity contribution in [3.63, 3.8) is 0 Å². The van der Waals surface area contributed by atoms with Crippen LogP contribution in [0.3, 0.4) is 0 Å². The fourth-order valence-electron chi connectivity index (χ4n) is 1.07. The summed E-state index contributed by atoms with van der Waals surface area (Å²) in [5, 5.41) is 18.3. The molecule has 0 amide bonds. The lowest BCUT2D eigenvalue weighted by molar-refractivity contribution is -0.145. The molecule has 0 saturated carbocycles. The van der Waals surface area contributed by atoms with E-state index in [1.165, 1.54) is 0 Å². The Bertz CT molecular complexity index is 429. The van der Waals surface area contributed by atoms with E-state index in [0.29, 0.717) is 4.73 Å². The van der Waals surface area contributed by atoms with Crippen LogP contribution in [-0.4, -0.2) is 36.9 Å². The monoisotopic (exact) mass is 265 g/mol. The molecule has 0 aromatic carbocycles. The van der Waals surface area contributed by atoms with E-state index in [1.54, 1.807) is 0 Å². The van der Waals surface area contributed by atoms with Gasteiger partial charge in [0.2, 0.25) is 11.8 Å². The van der Waals surface area contributed by atoms with E-state index in [-0.39, 0.29) is 12.8 Å². The molecule has 8 nitrogen and oxygen atoms in total. The van der Waals surface area contributed by atoms with Crippen molar-refractivity contribution in [2.75, 3.05) is 6.16 Å². The third-order valence-corrected chi connectivity index (χ3v) is 2.72. The lowest BCUT2D eigenvalue weighted by Crippen LogP contribution is -2.18. The number of aromatic hydroxyl groups is 2. The number of nitrogens with zero attached hydrogens (tertiary/aromatic N) is 1. The summed E-state index contributed by atoms with van der Waals surface area (Å²) in [4.78, 5) is 32.8. The first kappa shape index (κ1) is 13.6. The van der Waals surface area contributed by atoms with Crippen LogP contribution in [0.2, 0.25) is 0 Å². The number of rotatable bonds is 5. The molecule has 0 spiro atoms. The molecule has 0 saturated heterocycles. The van der Waals surface area contributed by atoms with Crippen LogP contribution in [0.4, 0.5) is 0 Å². The highest BCUT2D eigenvalue weighted by Crippen LogP contribution is 2.35. The quantitative estimate of drug-likeness (QED) is 0.543. The van der Waals surface area contributed by atoms with Gasteiger partial charge < -0.3 is 24.8 Å². The molecule has 0 radical (unpaired) electrons. The topological polar surface area (TPSA) is 129 Å². The number of carbonyl (C=O) groups excluding carboxylic acids is 1. The van der Waals surface area contributed by atoms with Crippen molar-refractivity contribution in [3.8, 4) is 11.8 Å². The fourth-order valence-corrected chi connectivity index (χ4v) is 1.64. The Morgan fingerprint density at radius 2 is 1.82 bits per heavy atom. The number of hydrogen-bond acceptors (Lipinski definition) is 5. The Balaban J connectivity index is 2.43. The van der Waals surface area contributed by atoms with Gasteiger partial charge in [0.15, 0.2) is 0 Å². The first-order valence-corrected chi connectivity index (χ1v) is 6.45. The van der Waals surface area contributed by atoms with Crippen LogP contribution in [-0.2, 0) is 9.36 Å². The molecule has 0 aliphatic rings. The van der Waals surface area contributed by atoms with Crippen molar-refractivity contribution in [1.82, 2.24) is 4.73 Å². The lowest BCUT2D eigenvalue weighted by Gasteiger charge is -2.07. The number of hydrogen-bond donors (Lipinski definition) is 4. The summed E-state index contributed by atoms with van der Waals surface area (Å²) in [6.07, 6.45) is -0.709. The maximum Gasteiger partial charge on any atom is 0.333 e. The second kappa shape index (κ2) is 5.22. The predicted molar refractivity (Wildman–Crippen MR) is 55.5 cm³/mol. The Morgan fingerprint density at radius 1 is 1.29 bits per heavy atom. The van der Waals surface area contributed by atoms with Crippen molar-refractivity contribution < 1.29 is 34.2 Å². The van der Waals surface area contributed by atoms with Gasteiger partial charge in [0.1, 0.15) is 0 Å². The molecular formula is C8H12NO7P. The molecule has 1 heterocycles. The molecule has 1 rings (SSSR count). The Labute approximate surface area is 96.2 Å². The van der Waals surface area contributed by atoms with Crippen LogP contribution < -0.4 is 4.84 Å². The lowest BCUT2D eigenvalue weighted by atomic mass is 10.3. The maximum absolute atomic E-state index is 11.2. The summed E-state index contributed by atoms with van der Waals surface area (Å²) < 4.78 is 11.0. The first-order valence-electron chi connectivity index (χ1n) is 4.65. The second-order valence-electron chi connectivity index (χ2n) is 3.30. The van der Waals surface area contributed by atoms with E-state index in [4.69, 9.17) is 20.0 Å². The first-order chi connectivity index (χ1) is 7.79. The van der Waals surface area contributed by atoms with E-state index in [9.17, 15) is 9.36 Å². The summed E-state index contributed by atoms with van der Waals surface area (Å²) >= 11 is 0. The van der Waals surface area contributed by atoms with Gasteiger partial charge >= 0.3 is 13.6 Å². The summed E-state index contributed by atoms with van der Waals surface area (Å²) in [6.45, 7) is 0. The maximum atomic E-state index is 11.2. The van der Waals surface area contributed by atoms with Gasteiger partial charge in [0, 0.05) is 18.6 Å². The van der Waals surface area contributed by atoms with E-state index in [2.05, 4.69) is 4.84 Å². The van der Waals surface area contributed by atoms with E-state index in [1.807, 2.05) is 0 Å².